The van der Waals surface area contributed by atoms with Crippen LogP contribution in [0.15, 0.2) is 43.2 Å². The van der Waals surface area contributed by atoms with Crippen molar-refractivity contribution in [3.8, 4) is 0 Å². The van der Waals surface area contributed by atoms with Gasteiger partial charge in [-0.1, -0.05) is 12.6 Å². The smallest absolute Gasteiger partial charge is 0.270 e. The number of carbonyl (C=O) groups is 1. The Morgan fingerprint density at radius 2 is 1.74 bits per heavy atom. The molecule has 0 unspecified atom stereocenters. The number of allylic oxidation sites excluding steroid dienone is 1. The molecular weight excluding hydrogens is 490 g/mol. The maximum Gasteiger partial charge on any atom is 0.270 e. The van der Waals surface area contributed by atoms with Gasteiger partial charge in [-0.15, -0.1) is 0 Å². The molecule has 0 spiro atoms. The molecule has 3 aliphatic rings. The van der Waals surface area contributed by atoms with Gasteiger partial charge < -0.3 is 29.6 Å². The van der Waals surface area contributed by atoms with Crippen molar-refractivity contribution < 1.29 is 14.3 Å². The van der Waals surface area contributed by atoms with Crippen LogP contribution in [0.1, 0.15) is 54.2 Å². The Balaban J connectivity index is 1.02. The van der Waals surface area contributed by atoms with Crippen LogP contribution in [0.3, 0.4) is 0 Å². The molecule has 3 aliphatic heterocycles. The van der Waals surface area contributed by atoms with Crippen LogP contribution in [0.2, 0.25) is 0 Å². The van der Waals surface area contributed by atoms with Crippen LogP contribution in [-0.4, -0.2) is 67.6 Å². The topological polar surface area (TPSA) is 82.7 Å². The van der Waals surface area contributed by atoms with E-state index in [1.165, 1.54) is 27.7 Å². The summed E-state index contributed by atoms with van der Waals surface area (Å²) in [5.74, 6) is 0.365. The second-order valence-electron chi connectivity index (χ2n) is 11.2. The van der Waals surface area contributed by atoms with Gasteiger partial charge >= 0.3 is 0 Å². The number of carbonyl (C=O) groups excluding carboxylic acids is 1. The normalized spacial score (nSPS) is 19.6. The highest BCUT2D eigenvalue weighted by molar-refractivity contribution is 6.01. The van der Waals surface area contributed by atoms with Crippen LogP contribution < -0.4 is 15.1 Å². The first-order valence-corrected chi connectivity index (χ1v) is 14.2. The summed E-state index contributed by atoms with van der Waals surface area (Å²) < 4.78 is 11.4. The third-order valence-electron chi connectivity index (χ3n) is 8.57. The number of aromatic amines is 1. The van der Waals surface area contributed by atoms with Crippen LogP contribution in [0, 0.1) is 12.8 Å². The fourth-order valence-corrected chi connectivity index (χ4v) is 6.32. The number of rotatable bonds is 6. The summed E-state index contributed by atoms with van der Waals surface area (Å²) in [6, 6.07) is 8.42. The molecule has 6 rings (SSSR count). The monoisotopic (exact) mass is 529 g/mol. The highest BCUT2D eigenvalue weighted by Gasteiger charge is 2.31. The highest BCUT2D eigenvalue weighted by atomic mass is 16.7. The van der Waals surface area contributed by atoms with Crippen molar-refractivity contribution in [2.45, 2.75) is 51.9 Å². The maximum absolute atomic E-state index is 13.0. The van der Waals surface area contributed by atoms with Gasteiger partial charge in [0.05, 0.1) is 36.3 Å². The van der Waals surface area contributed by atoms with E-state index in [2.05, 4.69) is 63.8 Å². The fraction of sp³-hybridized carbons (Fsp3) is 0.484. The van der Waals surface area contributed by atoms with E-state index in [0.717, 1.165) is 63.1 Å². The minimum atomic E-state index is -0.0950. The molecule has 8 nitrogen and oxygen atoms in total. The van der Waals surface area contributed by atoms with Gasteiger partial charge in [0.1, 0.15) is 5.69 Å². The molecule has 3 aromatic rings. The molecule has 39 heavy (non-hydrogen) atoms. The van der Waals surface area contributed by atoms with Crippen molar-refractivity contribution in [1.82, 2.24) is 15.3 Å². The predicted molar refractivity (Wildman–Crippen MR) is 155 cm³/mol. The number of benzene rings is 1. The van der Waals surface area contributed by atoms with Crippen LogP contribution in [-0.2, 0) is 9.47 Å². The van der Waals surface area contributed by atoms with E-state index in [-0.39, 0.29) is 18.2 Å². The lowest BCUT2D eigenvalue weighted by Crippen LogP contribution is -2.45. The number of aromatic nitrogens is 2. The Bertz CT molecular complexity index is 1330. The van der Waals surface area contributed by atoms with Crippen LogP contribution in [0.5, 0.6) is 0 Å². The summed E-state index contributed by atoms with van der Waals surface area (Å²) in [7, 11) is 0. The van der Waals surface area contributed by atoms with Gasteiger partial charge in [0.25, 0.3) is 5.91 Å². The number of ether oxygens (including phenoxy) is 2. The molecule has 0 saturated carbocycles. The third-order valence-corrected chi connectivity index (χ3v) is 8.57. The molecule has 0 bridgehead atoms. The summed E-state index contributed by atoms with van der Waals surface area (Å²) in [5, 5.41) is 4.48. The summed E-state index contributed by atoms with van der Waals surface area (Å²) in [6.07, 6.45) is 7.74. The molecule has 3 saturated heterocycles. The number of fused-ring (bicyclic) bond motifs is 1. The summed E-state index contributed by atoms with van der Waals surface area (Å²) in [4.78, 5) is 25.7. The van der Waals surface area contributed by atoms with Gasteiger partial charge in [-0.05, 0) is 68.9 Å². The minimum absolute atomic E-state index is 0.0380. The second kappa shape index (κ2) is 11.0. The number of nitrogens with zero attached hydrogens (tertiary/aromatic N) is 3. The van der Waals surface area contributed by atoms with Crippen molar-refractivity contribution in [1.29, 1.82) is 0 Å². The fourth-order valence-electron chi connectivity index (χ4n) is 6.32. The molecule has 5 heterocycles. The SMILES string of the molecule is C=C(C)c1c[nH]c2c(N3CCC(NC(=O)c4ccc(N5CCC(C6OCCO6)CC5)cn4)CC3)ccc(C)c12. The van der Waals surface area contributed by atoms with E-state index in [9.17, 15) is 4.79 Å². The van der Waals surface area contributed by atoms with Crippen molar-refractivity contribution in [2.75, 3.05) is 49.2 Å². The highest BCUT2D eigenvalue weighted by Crippen LogP contribution is 2.35. The number of anilines is 2. The molecule has 206 valence electrons. The molecule has 2 aromatic heterocycles. The first-order chi connectivity index (χ1) is 19.0. The zero-order valence-electron chi connectivity index (χ0n) is 23.0. The molecule has 3 fully saturated rings. The molecule has 2 N–H and O–H groups in total. The summed E-state index contributed by atoms with van der Waals surface area (Å²) >= 11 is 0. The molecular formula is C31H39N5O3. The first-order valence-electron chi connectivity index (χ1n) is 14.2. The van der Waals surface area contributed by atoms with Gasteiger partial charge in [0.15, 0.2) is 6.29 Å². The molecule has 0 aliphatic carbocycles. The van der Waals surface area contributed by atoms with E-state index in [1.54, 1.807) is 0 Å². The first kappa shape index (κ1) is 25.9. The third kappa shape index (κ3) is 5.28. The number of aryl methyl sites for hydroxylation is 1. The van der Waals surface area contributed by atoms with E-state index >= 15 is 0 Å². The van der Waals surface area contributed by atoms with Crippen LogP contribution in [0.4, 0.5) is 11.4 Å². The minimum Gasteiger partial charge on any atom is -0.370 e. The van der Waals surface area contributed by atoms with Crippen molar-refractivity contribution in [3.63, 3.8) is 0 Å². The van der Waals surface area contributed by atoms with Gasteiger partial charge in [0.2, 0.25) is 0 Å². The number of amides is 1. The summed E-state index contributed by atoms with van der Waals surface area (Å²) in [6.45, 7) is 13.4. The zero-order chi connectivity index (χ0) is 26.9. The lowest BCUT2D eigenvalue weighted by molar-refractivity contribution is -0.0889. The van der Waals surface area contributed by atoms with E-state index in [4.69, 9.17) is 9.47 Å². The van der Waals surface area contributed by atoms with Gasteiger partial charge in [-0.3, -0.25) is 4.79 Å². The Morgan fingerprint density at radius 1 is 1.03 bits per heavy atom. The number of piperidine rings is 2. The lowest BCUT2D eigenvalue weighted by Gasteiger charge is -2.35. The van der Waals surface area contributed by atoms with Crippen LogP contribution in [0.25, 0.3) is 16.5 Å². The Morgan fingerprint density at radius 3 is 2.41 bits per heavy atom. The number of hydrogen-bond acceptors (Lipinski definition) is 6. The number of hydrogen-bond donors (Lipinski definition) is 2. The Kier molecular flexibility index (Phi) is 7.32. The molecule has 0 atom stereocenters. The van der Waals surface area contributed by atoms with Gasteiger partial charge in [0, 0.05) is 55.3 Å². The summed E-state index contributed by atoms with van der Waals surface area (Å²) in [5.41, 5.74) is 7.44. The van der Waals surface area contributed by atoms with Crippen LogP contribution >= 0.6 is 0 Å². The second-order valence-corrected chi connectivity index (χ2v) is 11.2. The Hall–Kier alpha value is -3.36. The zero-order valence-corrected chi connectivity index (χ0v) is 23.0. The average Bonchev–Trinajstić information content (AvgIpc) is 3.66. The van der Waals surface area contributed by atoms with E-state index in [0.29, 0.717) is 24.8 Å². The van der Waals surface area contributed by atoms with Crippen molar-refractivity contribution in [3.05, 3.63) is 60.1 Å². The van der Waals surface area contributed by atoms with Gasteiger partial charge in [-0.2, -0.15) is 0 Å². The molecule has 8 heteroatoms. The lowest BCUT2D eigenvalue weighted by atomic mass is 9.96. The van der Waals surface area contributed by atoms with E-state index in [1.807, 2.05) is 18.3 Å². The van der Waals surface area contributed by atoms with Crippen molar-refractivity contribution >= 4 is 33.8 Å². The largest absolute Gasteiger partial charge is 0.370 e. The number of pyridine rings is 1. The van der Waals surface area contributed by atoms with Gasteiger partial charge in [-0.25, -0.2) is 4.98 Å². The number of H-pyrrole nitrogens is 1. The maximum atomic E-state index is 13.0. The molecule has 0 radical (unpaired) electrons. The molecule has 1 amide bonds. The standard InChI is InChI=1S/C31H39N5O3/c1-20(2)25-19-33-29-27(7-4-21(3)28(25)29)36-14-10-23(11-15-36)34-30(37)26-6-5-24(18-32-26)35-12-8-22(9-13-35)31-38-16-17-39-31/h4-7,18-19,22-23,31,33H,1,8-17H2,2-3H3,(H,34,37). The van der Waals surface area contributed by atoms with Crippen molar-refractivity contribution in [2.24, 2.45) is 5.92 Å². The quantitative estimate of drug-likeness (QED) is 0.473. The average molecular weight is 530 g/mol. The number of nitrogens with one attached hydrogen (secondary N) is 2. The predicted octanol–water partition coefficient (Wildman–Crippen LogP) is 4.89. The van der Waals surface area contributed by atoms with E-state index < -0.39 is 0 Å². The Labute approximate surface area is 230 Å². The molecule has 1 aromatic carbocycles.